The second-order valence-electron chi connectivity index (χ2n) is 20.0. The van der Waals surface area contributed by atoms with Crippen LogP contribution >= 0.6 is 7.82 Å². The van der Waals surface area contributed by atoms with Crippen LogP contribution in [0.15, 0.2) is 0 Å². The minimum atomic E-state index is -4.27. The highest BCUT2D eigenvalue weighted by Gasteiger charge is 2.26. The van der Waals surface area contributed by atoms with Crippen molar-refractivity contribution >= 4 is 13.8 Å². The van der Waals surface area contributed by atoms with Gasteiger partial charge >= 0.3 is 13.8 Å². The Bertz CT molecular complexity index is 961. The van der Waals surface area contributed by atoms with Gasteiger partial charge in [-0.3, -0.25) is 13.8 Å². The van der Waals surface area contributed by atoms with Crippen LogP contribution in [0.5, 0.6) is 0 Å². The highest BCUT2D eigenvalue weighted by molar-refractivity contribution is 7.47. The van der Waals surface area contributed by atoms with Gasteiger partial charge in [-0.05, 0) is 12.8 Å². The highest BCUT2D eigenvalue weighted by Crippen LogP contribution is 2.43. The van der Waals surface area contributed by atoms with Crippen molar-refractivity contribution in [2.75, 3.05) is 54.1 Å². The van der Waals surface area contributed by atoms with Crippen LogP contribution in [0.4, 0.5) is 0 Å². The summed E-state index contributed by atoms with van der Waals surface area (Å²) in [5, 5.41) is 0. The maximum Gasteiger partial charge on any atom is 0.472 e. The van der Waals surface area contributed by atoms with E-state index in [1.54, 1.807) is 0 Å². The molecule has 0 rings (SSSR count). The molecule has 0 aliphatic rings. The van der Waals surface area contributed by atoms with E-state index in [9.17, 15) is 14.3 Å². The molecule has 372 valence electrons. The van der Waals surface area contributed by atoms with E-state index in [1.165, 1.54) is 225 Å². The van der Waals surface area contributed by atoms with Gasteiger partial charge in [-0.1, -0.05) is 258 Å². The van der Waals surface area contributed by atoms with E-state index in [4.69, 9.17) is 18.5 Å². The average Bonchev–Trinajstić information content (AvgIpc) is 3.23. The second kappa shape index (κ2) is 47.0. The van der Waals surface area contributed by atoms with Crippen molar-refractivity contribution in [3.63, 3.8) is 0 Å². The Morgan fingerprint density at radius 3 is 1.06 bits per heavy atom. The lowest BCUT2D eigenvalue weighted by Crippen LogP contribution is -2.37. The molecule has 0 spiro atoms. The number of phosphoric acid groups is 1. The number of unbranched alkanes of at least 4 members (excludes halogenated alkanes) is 38. The highest BCUT2D eigenvalue weighted by atomic mass is 31.2. The molecule has 9 heteroatoms. The molecule has 0 saturated heterocycles. The van der Waals surface area contributed by atoms with Gasteiger partial charge in [0.25, 0.3) is 0 Å². The van der Waals surface area contributed by atoms with Gasteiger partial charge in [-0.2, -0.15) is 0 Å². The molecule has 0 bridgehead atoms. The molecule has 0 heterocycles. The van der Waals surface area contributed by atoms with E-state index in [2.05, 4.69) is 13.8 Å². The Balaban J connectivity index is 4.03. The molecular formula is C53H109NO7P+. The standard InChI is InChI=1S/C53H108NO7P/c1-6-8-10-12-14-16-18-20-22-24-25-26-27-28-29-30-32-34-36-38-40-42-44-46-53(55)61-52(51-60-62(56,57)59-49-47-54(3,4)5)50-58-48-45-43-41-39-37-35-33-31-23-21-19-17-15-13-11-9-7-2/h52H,6-51H2,1-5H3/p+1. The van der Waals surface area contributed by atoms with Crippen LogP contribution in [0.25, 0.3) is 0 Å². The van der Waals surface area contributed by atoms with Gasteiger partial charge in [0.2, 0.25) is 0 Å². The summed E-state index contributed by atoms with van der Waals surface area (Å²) in [6, 6.07) is 0. The molecule has 2 unspecified atom stereocenters. The fourth-order valence-corrected chi connectivity index (χ4v) is 8.95. The Morgan fingerprint density at radius 1 is 0.435 bits per heavy atom. The first-order valence-electron chi connectivity index (χ1n) is 27.3. The van der Waals surface area contributed by atoms with Crippen LogP contribution in [0.3, 0.4) is 0 Å². The molecule has 0 aromatic rings. The monoisotopic (exact) mass is 903 g/mol. The summed E-state index contributed by atoms with van der Waals surface area (Å²) in [6.07, 6.45) is 53.0. The summed E-state index contributed by atoms with van der Waals surface area (Å²) in [4.78, 5) is 23.0. The maximum absolute atomic E-state index is 12.8. The predicted molar refractivity (Wildman–Crippen MR) is 266 cm³/mol. The normalized spacial score (nSPS) is 13.5. The molecule has 62 heavy (non-hydrogen) atoms. The smallest absolute Gasteiger partial charge is 0.457 e. The van der Waals surface area contributed by atoms with Crippen LogP contribution in [-0.4, -0.2) is 75.6 Å². The largest absolute Gasteiger partial charge is 0.472 e. The molecule has 0 aromatic carbocycles. The topological polar surface area (TPSA) is 91.3 Å². The van der Waals surface area contributed by atoms with Crippen molar-refractivity contribution in [2.24, 2.45) is 0 Å². The SMILES string of the molecule is CCCCCCCCCCCCCCCCCCCCCCCCCC(=O)OC(COCCCCCCCCCCCCCCCCCCC)COP(=O)(O)OCC[N+](C)(C)C. The lowest BCUT2D eigenvalue weighted by molar-refractivity contribution is -0.870. The fraction of sp³-hybridized carbons (Fsp3) is 0.981. The van der Waals surface area contributed by atoms with Gasteiger partial charge in [0, 0.05) is 13.0 Å². The molecule has 0 aliphatic heterocycles. The number of ether oxygens (including phenoxy) is 2. The summed E-state index contributed by atoms with van der Waals surface area (Å²) >= 11 is 0. The van der Waals surface area contributed by atoms with Gasteiger partial charge < -0.3 is 18.9 Å². The molecule has 2 atom stereocenters. The molecule has 0 amide bonds. The Kier molecular flexibility index (Phi) is 46.6. The van der Waals surface area contributed by atoms with E-state index < -0.39 is 13.9 Å². The first-order chi connectivity index (χ1) is 30.1. The van der Waals surface area contributed by atoms with Crippen molar-refractivity contribution in [3.05, 3.63) is 0 Å². The quantitative estimate of drug-likeness (QED) is 0.0281. The van der Waals surface area contributed by atoms with Gasteiger partial charge in [-0.25, -0.2) is 4.57 Å². The fourth-order valence-electron chi connectivity index (χ4n) is 8.20. The summed E-state index contributed by atoms with van der Waals surface area (Å²) in [7, 11) is 1.69. The number of hydrogen-bond donors (Lipinski definition) is 1. The Hall–Kier alpha value is -0.500. The van der Waals surface area contributed by atoms with Crippen LogP contribution in [0, 0.1) is 0 Å². The molecule has 0 aliphatic carbocycles. The molecule has 0 radical (unpaired) electrons. The van der Waals surface area contributed by atoms with E-state index in [0.29, 0.717) is 24.1 Å². The van der Waals surface area contributed by atoms with Crippen LogP contribution in [0.1, 0.15) is 277 Å². The maximum atomic E-state index is 12.8. The molecule has 1 N–H and O–H groups in total. The number of carbonyl (C=O) groups is 1. The van der Waals surface area contributed by atoms with E-state index in [-0.39, 0.29) is 25.8 Å². The number of nitrogens with zero attached hydrogens (tertiary/aromatic N) is 1. The number of carbonyl (C=O) groups excluding carboxylic acids is 1. The number of quaternary nitrogens is 1. The zero-order chi connectivity index (χ0) is 45.5. The van der Waals surface area contributed by atoms with Crippen molar-refractivity contribution in [1.82, 2.24) is 0 Å². The summed E-state index contributed by atoms with van der Waals surface area (Å²) in [5.41, 5.74) is 0. The van der Waals surface area contributed by atoms with Crippen LogP contribution in [-0.2, 0) is 27.9 Å². The second-order valence-corrected chi connectivity index (χ2v) is 21.4. The van der Waals surface area contributed by atoms with E-state index in [0.717, 1.165) is 32.1 Å². The number of esters is 1. The Morgan fingerprint density at radius 2 is 0.742 bits per heavy atom. The zero-order valence-electron chi connectivity index (χ0n) is 42.4. The van der Waals surface area contributed by atoms with Crippen molar-refractivity contribution < 1.29 is 37.3 Å². The molecule has 8 nitrogen and oxygen atoms in total. The van der Waals surface area contributed by atoms with Crippen molar-refractivity contribution in [3.8, 4) is 0 Å². The average molecular weight is 903 g/mol. The molecule has 0 fully saturated rings. The first-order valence-corrected chi connectivity index (χ1v) is 28.8. The molecule has 0 aromatic heterocycles. The van der Waals surface area contributed by atoms with Crippen LogP contribution in [0.2, 0.25) is 0 Å². The Labute approximate surface area is 387 Å². The number of hydrogen-bond acceptors (Lipinski definition) is 6. The third kappa shape index (κ3) is 50.5. The molecular weight excluding hydrogens is 794 g/mol. The third-order valence-corrected chi connectivity index (χ3v) is 13.4. The van der Waals surface area contributed by atoms with Crippen molar-refractivity contribution in [1.29, 1.82) is 0 Å². The third-order valence-electron chi connectivity index (χ3n) is 12.4. The van der Waals surface area contributed by atoms with E-state index in [1.807, 2.05) is 21.1 Å². The van der Waals surface area contributed by atoms with Gasteiger partial charge in [-0.15, -0.1) is 0 Å². The van der Waals surface area contributed by atoms with Gasteiger partial charge in [0.1, 0.15) is 19.3 Å². The summed E-state index contributed by atoms with van der Waals surface area (Å²) in [5.74, 6) is -0.303. The number of rotatable bonds is 52. The molecule has 0 saturated carbocycles. The van der Waals surface area contributed by atoms with Gasteiger partial charge in [0.05, 0.1) is 34.4 Å². The summed E-state index contributed by atoms with van der Waals surface area (Å²) in [6.45, 7) is 5.71. The number of phosphoric ester groups is 1. The summed E-state index contributed by atoms with van der Waals surface area (Å²) < 4.78 is 35.2. The minimum Gasteiger partial charge on any atom is -0.457 e. The van der Waals surface area contributed by atoms with Gasteiger partial charge in [0.15, 0.2) is 0 Å². The van der Waals surface area contributed by atoms with Crippen LogP contribution < -0.4 is 0 Å². The minimum absolute atomic E-state index is 0.0943. The zero-order valence-corrected chi connectivity index (χ0v) is 43.3. The lowest BCUT2D eigenvalue weighted by Gasteiger charge is -2.24. The van der Waals surface area contributed by atoms with Crippen molar-refractivity contribution in [2.45, 2.75) is 283 Å². The first kappa shape index (κ1) is 61.5. The predicted octanol–water partition coefficient (Wildman–Crippen LogP) is 16.8. The van der Waals surface area contributed by atoms with E-state index >= 15 is 0 Å². The lowest BCUT2D eigenvalue weighted by atomic mass is 10.0. The number of likely N-dealkylation sites (N-methyl/N-ethyl adjacent to an activating group) is 1.